The number of hydrogen-bond donors (Lipinski definition) is 6. The van der Waals surface area contributed by atoms with Gasteiger partial charge in [-0.25, -0.2) is 40.6 Å². The molecule has 67 heavy (non-hydrogen) atoms. The van der Waals surface area contributed by atoms with Crippen molar-refractivity contribution in [1.29, 1.82) is 0 Å². The Hall–Kier alpha value is -5.74. The SMILES string of the molecule is Cc1cc(Cl)cc(C(=O)N2CCCC[C@H]2c2cc3nc(C)c(C)c(=O)n3[nH]2)c1NS(C)(=O)=O.Cc1cc(Cl)cc(C(=O)O)c1NS(C)(=O)=O.Cc1nc2cc([C@@H]3CCCCN3)[nH]n2c(=O)c1C. The fourth-order valence-corrected chi connectivity index (χ4v) is 9.89. The number of carbonyl (C=O) groups is 2. The van der Waals surface area contributed by atoms with E-state index in [1.165, 1.54) is 35.6 Å². The van der Waals surface area contributed by atoms with Crippen LogP contribution in [0.1, 0.15) is 116 Å². The number of benzene rings is 2. The smallest absolute Gasteiger partial charge is 0.337 e. The van der Waals surface area contributed by atoms with E-state index in [2.05, 4.69) is 34.9 Å². The van der Waals surface area contributed by atoms with Crippen LogP contribution < -0.4 is 25.9 Å². The highest BCUT2D eigenvalue weighted by molar-refractivity contribution is 7.92. The van der Waals surface area contributed by atoms with Crippen LogP contribution in [0.2, 0.25) is 10.0 Å². The molecule has 8 rings (SSSR count). The zero-order valence-electron chi connectivity index (χ0n) is 38.3. The number of fused-ring (bicyclic) bond motifs is 2. The predicted octanol–water partition coefficient (Wildman–Crippen LogP) is 6.51. The van der Waals surface area contributed by atoms with E-state index in [0.717, 1.165) is 49.7 Å². The summed E-state index contributed by atoms with van der Waals surface area (Å²) < 4.78 is 53.6. The number of carbonyl (C=O) groups excluding carboxylic acids is 1. The van der Waals surface area contributed by atoms with Crippen LogP contribution in [0.15, 0.2) is 46.0 Å². The number of H-pyrrole nitrogens is 2. The molecule has 0 spiro atoms. The maximum atomic E-state index is 13.7. The molecule has 360 valence electrons. The molecule has 0 aliphatic carbocycles. The van der Waals surface area contributed by atoms with Gasteiger partial charge in [-0.3, -0.25) is 34.0 Å². The van der Waals surface area contributed by atoms with E-state index in [1.807, 2.05) is 19.9 Å². The topological polar surface area (TPSA) is 262 Å². The van der Waals surface area contributed by atoms with Crippen LogP contribution in [0, 0.1) is 41.5 Å². The van der Waals surface area contributed by atoms with Crippen molar-refractivity contribution in [2.24, 2.45) is 0 Å². The van der Waals surface area contributed by atoms with Gasteiger partial charge in [0.25, 0.3) is 17.0 Å². The van der Waals surface area contributed by atoms with Crippen molar-refractivity contribution in [2.45, 2.75) is 92.2 Å². The average molecular weight is 1000 g/mol. The Morgan fingerprint density at radius 3 is 1.66 bits per heavy atom. The first-order chi connectivity index (χ1) is 31.3. The van der Waals surface area contributed by atoms with Gasteiger partial charge < -0.3 is 15.3 Å². The van der Waals surface area contributed by atoms with E-state index in [4.69, 9.17) is 28.3 Å². The molecule has 4 aromatic heterocycles. The minimum atomic E-state index is -3.61. The van der Waals surface area contributed by atoms with Gasteiger partial charge in [0.1, 0.15) is 0 Å². The van der Waals surface area contributed by atoms with Crippen LogP contribution in [0.25, 0.3) is 11.3 Å². The molecule has 0 saturated carbocycles. The first-order valence-corrected chi connectivity index (χ1v) is 25.9. The Morgan fingerprint density at radius 1 is 0.687 bits per heavy atom. The van der Waals surface area contributed by atoms with Gasteiger partial charge >= 0.3 is 5.97 Å². The minimum Gasteiger partial charge on any atom is -0.478 e. The molecule has 2 atom stereocenters. The van der Waals surface area contributed by atoms with Crippen LogP contribution in [-0.2, 0) is 20.0 Å². The molecule has 2 saturated heterocycles. The second kappa shape index (κ2) is 20.2. The lowest BCUT2D eigenvalue weighted by molar-refractivity contribution is 0.0606. The zero-order chi connectivity index (χ0) is 49.3. The molecule has 6 N–H and O–H groups in total. The Kier molecular flexibility index (Phi) is 15.3. The van der Waals surface area contributed by atoms with Gasteiger partial charge in [0, 0.05) is 57.3 Å². The Labute approximate surface area is 397 Å². The molecule has 2 aromatic carbocycles. The number of aromatic amines is 2. The number of aromatic nitrogens is 6. The van der Waals surface area contributed by atoms with Gasteiger partial charge in [-0.15, -0.1) is 0 Å². The van der Waals surface area contributed by atoms with Crippen molar-refractivity contribution in [2.75, 3.05) is 35.0 Å². The summed E-state index contributed by atoms with van der Waals surface area (Å²) in [5.74, 6) is -1.57. The van der Waals surface area contributed by atoms with E-state index < -0.39 is 26.0 Å². The Morgan fingerprint density at radius 2 is 1.16 bits per heavy atom. The number of halogens is 2. The number of likely N-dealkylation sites (tertiary alicyclic amines) is 1. The number of amides is 1. The molecular formula is C44H54Cl2N10O9S2. The molecule has 0 radical (unpaired) electrons. The third kappa shape index (κ3) is 11.9. The van der Waals surface area contributed by atoms with Crippen molar-refractivity contribution >= 4 is 77.8 Å². The van der Waals surface area contributed by atoms with Gasteiger partial charge in [0.05, 0.1) is 52.4 Å². The number of aryl methyl sites for hydroxylation is 4. The second-order valence-corrected chi connectivity index (χ2v) is 21.3. The van der Waals surface area contributed by atoms with E-state index >= 15 is 0 Å². The van der Waals surface area contributed by atoms with Gasteiger partial charge in [-0.2, -0.15) is 0 Å². The van der Waals surface area contributed by atoms with Crippen LogP contribution in [0.5, 0.6) is 0 Å². The molecule has 2 fully saturated rings. The molecule has 6 aromatic rings. The van der Waals surface area contributed by atoms with Crippen LogP contribution in [0.4, 0.5) is 11.4 Å². The number of nitrogens with one attached hydrogen (secondary N) is 5. The lowest BCUT2D eigenvalue weighted by Crippen LogP contribution is -2.39. The van der Waals surface area contributed by atoms with Crippen LogP contribution in [-0.4, -0.2) is 93.5 Å². The number of piperidine rings is 2. The number of sulfonamides is 2. The third-order valence-electron chi connectivity index (χ3n) is 11.7. The van der Waals surface area contributed by atoms with Crippen molar-refractivity contribution in [3.05, 3.63) is 123 Å². The van der Waals surface area contributed by atoms with Crippen molar-refractivity contribution < 1.29 is 31.5 Å². The van der Waals surface area contributed by atoms with E-state index in [-0.39, 0.29) is 50.6 Å². The summed E-state index contributed by atoms with van der Waals surface area (Å²) in [6.45, 7) is 12.0. The van der Waals surface area contributed by atoms with Gasteiger partial charge in [0.2, 0.25) is 20.0 Å². The predicted molar refractivity (Wildman–Crippen MR) is 259 cm³/mol. The molecule has 0 bridgehead atoms. The van der Waals surface area contributed by atoms with Gasteiger partial charge in [-0.05, 0) is 116 Å². The molecular weight excluding hydrogens is 948 g/mol. The summed E-state index contributed by atoms with van der Waals surface area (Å²) in [6.07, 6.45) is 7.98. The summed E-state index contributed by atoms with van der Waals surface area (Å²) in [5, 5.41) is 19.3. The van der Waals surface area contributed by atoms with Crippen molar-refractivity contribution in [1.82, 2.24) is 39.4 Å². The number of rotatable bonds is 8. The lowest BCUT2D eigenvalue weighted by Gasteiger charge is -2.35. The fourth-order valence-electron chi connectivity index (χ4n) is 8.06. The number of hydrogen-bond acceptors (Lipinski definition) is 11. The summed E-state index contributed by atoms with van der Waals surface area (Å²) >= 11 is 11.9. The highest BCUT2D eigenvalue weighted by atomic mass is 35.5. The standard InChI is InChI=1S/C22H26ClN5O4S.C13H18N4O.C9H10ClNO4S/c1-12-9-15(23)10-16(20(12)26-33(4,31)32)22(30)27-8-6-5-7-18(27)17-11-19-24-14(3)13(2)21(29)28(19)25-17;1-8-9(2)15-12-7-11(16-17(12)13(8)18)10-5-3-4-6-14-10;1-5-3-6(10)4-7(9(12)13)8(5)11-16(2,14)15/h9-11,18,25-26H,5-8H2,1-4H3;7,10,14,16H,3-6H2,1-2H3;3-4,11H,1-2H3,(H,12,13)/t18-;10-;/m00./s1. The van der Waals surface area contributed by atoms with E-state index in [1.54, 1.807) is 49.2 Å². The molecule has 6 heterocycles. The highest BCUT2D eigenvalue weighted by Gasteiger charge is 2.32. The Bertz CT molecular complexity index is 3250. The Balaban J connectivity index is 0.000000183. The first-order valence-electron chi connectivity index (χ1n) is 21.3. The van der Waals surface area contributed by atoms with Crippen LogP contribution >= 0.6 is 23.2 Å². The third-order valence-corrected chi connectivity index (χ3v) is 13.2. The normalized spacial score (nSPS) is 16.5. The maximum Gasteiger partial charge on any atom is 0.337 e. The number of anilines is 2. The first kappa shape index (κ1) is 50.7. The summed E-state index contributed by atoms with van der Waals surface area (Å²) in [7, 11) is -7.14. The summed E-state index contributed by atoms with van der Waals surface area (Å²) in [4.78, 5) is 60.1. The highest BCUT2D eigenvalue weighted by Crippen LogP contribution is 2.35. The van der Waals surface area contributed by atoms with Gasteiger partial charge in [-0.1, -0.05) is 29.6 Å². The largest absolute Gasteiger partial charge is 0.478 e. The molecule has 2 aliphatic heterocycles. The monoisotopic (exact) mass is 1000 g/mol. The summed E-state index contributed by atoms with van der Waals surface area (Å²) in [6, 6.07) is 9.56. The molecule has 1 amide bonds. The quantitative estimate of drug-likeness (QED) is 0.0953. The van der Waals surface area contributed by atoms with Gasteiger partial charge in [0.15, 0.2) is 11.3 Å². The zero-order valence-corrected chi connectivity index (χ0v) is 41.4. The minimum absolute atomic E-state index is 0.000408. The van der Waals surface area contributed by atoms with Crippen molar-refractivity contribution in [3.8, 4) is 0 Å². The lowest BCUT2D eigenvalue weighted by atomic mass is 9.97. The summed E-state index contributed by atoms with van der Waals surface area (Å²) in [5.41, 5.74) is 6.81. The van der Waals surface area contributed by atoms with Crippen molar-refractivity contribution in [3.63, 3.8) is 0 Å². The molecule has 23 heteroatoms. The molecule has 0 unspecified atom stereocenters. The molecule has 19 nitrogen and oxygen atoms in total. The van der Waals surface area contributed by atoms with Crippen LogP contribution in [0.3, 0.4) is 0 Å². The number of carboxylic acid groups (broad SMARTS) is 1. The average Bonchev–Trinajstić information content (AvgIpc) is 3.88. The number of aromatic carboxylic acids is 1. The number of nitrogens with zero attached hydrogens (tertiary/aromatic N) is 5. The number of carboxylic acids is 1. The fraction of sp³-hybridized carbons (Fsp3) is 0.409. The van der Waals surface area contributed by atoms with E-state index in [9.17, 15) is 36.0 Å². The maximum absolute atomic E-state index is 13.7. The van der Waals surface area contributed by atoms with E-state index in [0.29, 0.717) is 69.0 Å². The molecule has 2 aliphatic rings. The second-order valence-electron chi connectivity index (χ2n) is 16.9.